The number of nitrogens with zero attached hydrogens (tertiary/aromatic N) is 1. The van der Waals surface area contributed by atoms with Gasteiger partial charge in [0.05, 0.1) is 12.8 Å². The van der Waals surface area contributed by atoms with Crippen molar-refractivity contribution in [1.82, 2.24) is 0 Å². The Hall–Kier alpha value is -1.56. The monoisotopic (exact) mass is 355 g/mol. The summed E-state index contributed by atoms with van der Waals surface area (Å²) in [6.07, 6.45) is -0.125. The molecular formula is C15H18BrNO4. The van der Waals surface area contributed by atoms with E-state index in [1.165, 1.54) is 12.0 Å². The average Bonchev–Trinajstić information content (AvgIpc) is 2.74. The molecule has 1 amide bonds. The second-order valence-corrected chi connectivity index (χ2v) is 6.78. The van der Waals surface area contributed by atoms with Gasteiger partial charge in [0, 0.05) is 10.9 Å². The number of rotatable bonds is 1. The van der Waals surface area contributed by atoms with Gasteiger partial charge in [0.15, 0.2) is 0 Å². The number of amides is 1. The van der Waals surface area contributed by atoms with Gasteiger partial charge in [0.25, 0.3) is 0 Å². The normalized spacial score (nSPS) is 17.4. The number of halogens is 1. The lowest BCUT2D eigenvalue weighted by atomic mass is 10.1. The molecule has 6 heteroatoms. The number of hydrogen-bond donors (Lipinski definition) is 0. The third-order valence-electron chi connectivity index (χ3n) is 3.09. The van der Waals surface area contributed by atoms with Crippen LogP contribution in [0.25, 0.3) is 0 Å². The van der Waals surface area contributed by atoms with E-state index in [-0.39, 0.29) is 0 Å². The fourth-order valence-electron chi connectivity index (χ4n) is 2.28. The summed E-state index contributed by atoms with van der Waals surface area (Å²) in [5, 5.41) is 0. The molecule has 114 valence electrons. The number of benzene rings is 1. The molecule has 0 bridgehead atoms. The van der Waals surface area contributed by atoms with Crippen molar-refractivity contribution in [2.45, 2.75) is 38.8 Å². The van der Waals surface area contributed by atoms with Crippen LogP contribution in [0.5, 0.6) is 0 Å². The molecule has 1 aliphatic rings. The van der Waals surface area contributed by atoms with Crippen LogP contribution in [-0.2, 0) is 20.7 Å². The lowest BCUT2D eigenvalue weighted by Gasteiger charge is -2.27. The van der Waals surface area contributed by atoms with Crippen molar-refractivity contribution in [2.24, 2.45) is 0 Å². The van der Waals surface area contributed by atoms with E-state index in [0.29, 0.717) is 12.1 Å². The van der Waals surface area contributed by atoms with E-state index >= 15 is 0 Å². The minimum absolute atomic E-state index is 0.417. The smallest absolute Gasteiger partial charge is 0.415 e. The highest BCUT2D eigenvalue weighted by Crippen LogP contribution is 2.35. The maximum absolute atomic E-state index is 12.4. The largest absolute Gasteiger partial charge is 0.467 e. The van der Waals surface area contributed by atoms with E-state index < -0.39 is 23.7 Å². The second-order valence-electron chi connectivity index (χ2n) is 5.87. The highest BCUT2D eigenvalue weighted by Gasteiger charge is 2.41. The molecule has 1 aromatic carbocycles. The molecule has 0 N–H and O–H groups in total. The first kappa shape index (κ1) is 15.8. The van der Waals surface area contributed by atoms with Gasteiger partial charge in [0.2, 0.25) is 0 Å². The van der Waals surface area contributed by atoms with Gasteiger partial charge in [-0.25, -0.2) is 9.59 Å². The Kier molecular flexibility index (Phi) is 4.27. The van der Waals surface area contributed by atoms with E-state index in [1.807, 2.05) is 12.1 Å². The van der Waals surface area contributed by atoms with Crippen LogP contribution < -0.4 is 4.90 Å². The quantitative estimate of drug-likeness (QED) is 0.725. The first-order valence-electron chi connectivity index (χ1n) is 6.61. The molecule has 1 aliphatic heterocycles. The van der Waals surface area contributed by atoms with E-state index in [0.717, 1.165) is 10.0 Å². The van der Waals surface area contributed by atoms with Crippen LogP contribution >= 0.6 is 15.9 Å². The van der Waals surface area contributed by atoms with Crippen LogP contribution in [0.2, 0.25) is 0 Å². The fourth-order valence-corrected chi connectivity index (χ4v) is 2.69. The summed E-state index contributed by atoms with van der Waals surface area (Å²) in [6.45, 7) is 5.36. The van der Waals surface area contributed by atoms with Crippen LogP contribution in [0.4, 0.5) is 10.5 Å². The summed E-state index contributed by atoms with van der Waals surface area (Å²) < 4.78 is 11.1. The molecule has 21 heavy (non-hydrogen) atoms. The molecule has 0 aliphatic carbocycles. The number of ether oxygens (including phenoxy) is 2. The first-order chi connectivity index (χ1) is 9.73. The Morgan fingerprint density at radius 2 is 2.00 bits per heavy atom. The van der Waals surface area contributed by atoms with Crippen LogP contribution in [0, 0.1) is 0 Å². The zero-order valence-electron chi connectivity index (χ0n) is 12.5. The molecule has 0 saturated heterocycles. The lowest BCUT2D eigenvalue weighted by Crippen LogP contribution is -2.45. The van der Waals surface area contributed by atoms with Crippen molar-refractivity contribution in [1.29, 1.82) is 0 Å². The predicted molar refractivity (Wildman–Crippen MR) is 82.4 cm³/mol. The van der Waals surface area contributed by atoms with Crippen molar-refractivity contribution in [3.05, 3.63) is 28.2 Å². The molecule has 1 atom stereocenters. The highest BCUT2D eigenvalue weighted by molar-refractivity contribution is 9.10. The summed E-state index contributed by atoms with van der Waals surface area (Å²) in [5.41, 5.74) is 0.962. The topological polar surface area (TPSA) is 55.8 Å². The maximum Gasteiger partial charge on any atom is 0.415 e. The fraction of sp³-hybridized carbons (Fsp3) is 0.467. The van der Waals surface area contributed by atoms with Crippen LogP contribution in [-0.4, -0.2) is 30.8 Å². The van der Waals surface area contributed by atoms with Crippen LogP contribution in [0.15, 0.2) is 22.7 Å². The van der Waals surface area contributed by atoms with E-state index in [4.69, 9.17) is 9.47 Å². The molecule has 0 spiro atoms. The van der Waals surface area contributed by atoms with Gasteiger partial charge in [-0.3, -0.25) is 4.90 Å². The van der Waals surface area contributed by atoms with E-state index in [1.54, 1.807) is 26.8 Å². The first-order valence-corrected chi connectivity index (χ1v) is 7.40. The van der Waals surface area contributed by atoms with Crippen molar-refractivity contribution >= 4 is 33.7 Å². The summed E-state index contributed by atoms with van der Waals surface area (Å²) in [5.74, 6) is -0.451. The molecule has 1 aromatic rings. The van der Waals surface area contributed by atoms with Crippen molar-refractivity contribution in [3.63, 3.8) is 0 Å². The van der Waals surface area contributed by atoms with Crippen LogP contribution in [0.3, 0.4) is 0 Å². The Labute approximate surface area is 132 Å². The zero-order valence-corrected chi connectivity index (χ0v) is 14.1. The van der Waals surface area contributed by atoms with Gasteiger partial charge in [-0.2, -0.15) is 0 Å². The molecule has 0 saturated carbocycles. The number of fused-ring (bicyclic) bond motifs is 1. The van der Waals surface area contributed by atoms with Gasteiger partial charge < -0.3 is 9.47 Å². The predicted octanol–water partition coefficient (Wildman–Crippen LogP) is 3.29. The standard InChI is InChI=1S/C15H18BrNO4/c1-15(2,3)21-14(19)17-11-6-5-10(16)7-9(11)8-12(17)13(18)20-4/h5-7,12H,8H2,1-4H3. The summed E-state index contributed by atoms with van der Waals surface area (Å²) in [7, 11) is 1.31. The Balaban J connectivity index is 2.38. The van der Waals surface area contributed by atoms with Gasteiger partial charge in [-0.1, -0.05) is 15.9 Å². The minimum Gasteiger partial charge on any atom is -0.467 e. The molecule has 1 unspecified atom stereocenters. The third-order valence-corrected chi connectivity index (χ3v) is 3.58. The molecule has 5 nitrogen and oxygen atoms in total. The number of methoxy groups -OCH3 is 1. The molecule has 1 heterocycles. The molecule has 0 fully saturated rings. The highest BCUT2D eigenvalue weighted by atomic mass is 79.9. The SMILES string of the molecule is COC(=O)C1Cc2cc(Br)ccc2N1C(=O)OC(C)(C)C. The van der Waals surface area contributed by atoms with E-state index in [9.17, 15) is 9.59 Å². The van der Waals surface area contributed by atoms with Gasteiger partial charge in [0.1, 0.15) is 11.6 Å². The summed E-state index contributed by atoms with van der Waals surface area (Å²) in [6, 6.07) is 4.84. The molecule has 0 aromatic heterocycles. The minimum atomic E-state index is -0.686. The summed E-state index contributed by atoms with van der Waals surface area (Å²) >= 11 is 3.39. The lowest BCUT2D eigenvalue weighted by molar-refractivity contribution is -0.142. The van der Waals surface area contributed by atoms with Crippen molar-refractivity contribution in [3.8, 4) is 0 Å². The molecule has 2 rings (SSSR count). The molecule has 0 radical (unpaired) electrons. The maximum atomic E-state index is 12.4. The Morgan fingerprint density at radius 3 is 2.57 bits per heavy atom. The third kappa shape index (κ3) is 3.37. The van der Waals surface area contributed by atoms with Crippen molar-refractivity contribution in [2.75, 3.05) is 12.0 Å². The number of carbonyl (C=O) groups is 2. The summed E-state index contributed by atoms with van der Waals surface area (Å²) in [4.78, 5) is 25.8. The van der Waals surface area contributed by atoms with Crippen LogP contribution in [0.1, 0.15) is 26.3 Å². The number of anilines is 1. The van der Waals surface area contributed by atoms with Gasteiger partial charge >= 0.3 is 12.1 Å². The van der Waals surface area contributed by atoms with Gasteiger partial charge in [-0.05, 0) is 44.5 Å². The number of esters is 1. The number of hydrogen-bond acceptors (Lipinski definition) is 4. The van der Waals surface area contributed by atoms with E-state index in [2.05, 4.69) is 15.9 Å². The van der Waals surface area contributed by atoms with Crippen molar-refractivity contribution < 1.29 is 19.1 Å². The Bertz CT molecular complexity index is 580. The van der Waals surface area contributed by atoms with Gasteiger partial charge in [-0.15, -0.1) is 0 Å². The zero-order chi connectivity index (χ0) is 15.8. The average molecular weight is 356 g/mol. The Morgan fingerprint density at radius 1 is 1.33 bits per heavy atom. The number of carbonyl (C=O) groups excluding carboxylic acids is 2. The second kappa shape index (κ2) is 5.67. The molecular weight excluding hydrogens is 338 g/mol.